The second-order valence-corrected chi connectivity index (χ2v) is 8.31. The Morgan fingerprint density at radius 3 is 2.29 bits per heavy atom. The normalized spacial score (nSPS) is 15.8. The number of carbonyl (C=O) groups is 1. The van der Waals surface area contributed by atoms with Crippen LogP contribution in [0.4, 0.5) is 5.69 Å². The number of nitrogens with zero attached hydrogens (tertiary/aromatic N) is 1. The number of sulfonamides is 1. The third kappa shape index (κ3) is 3.77. The lowest BCUT2D eigenvalue weighted by atomic mass is 9.96. The zero-order valence-corrected chi connectivity index (χ0v) is 16.9. The average molecular weight is 405 g/mol. The monoisotopic (exact) mass is 405 g/mol. The summed E-state index contributed by atoms with van der Waals surface area (Å²) >= 11 is 0. The van der Waals surface area contributed by atoms with Gasteiger partial charge in [0.15, 0.2) is 0 Å². The van der Waals surface area contributed by atoms with Crippen LogP contribution in [-0.2, 0) is 19.6 Å². The molecule has 0 fully saturated rings. The molecule has 0 spiro atoms. The van der Waals surface area contributed by atoms with Gasteiger partial charge in [-0.05, 0) is 54.4 Å². The molecule has 1 aliphatic heterocycles. The predicted molar refractivity (Wildman–Crippen MR) is 105 cm³/mol. The smallest absolute Gasteiger partial charge is 0.305 e. The van der Waals surface area contributed by atoms with Gasteiger partial charge in [-0.15, -0.1) is 0 Å². The molecule has 0 radical (unpaired) electrons. The Bertz CT molecular complexity index is 955. The van der Waals surface area contributed by atoms with Crippen LogP contribution >= 0.6 is 0 Å². The number of rotatable bonds is 7. The third-order valence-corrected chi connectivity index (χ3v) is 6.70. The van der Waals surface area contributed by atoms with Crippen LogP contribution in [0.1, 0.15) is 24.3 Å². The molecule has 0 amide bonds. The minimum Gasteiger partial charge on any atom is -0.497 e. The summed E-state index contributed by atoms with van der Waals surface area (Å²) in [5.41, 5.74) is 1.45. The predicted octanol–water partition coefficient (Wildman–Crippen LogP) is 2.95. The largest absolute Gasteiger partial charge is 0.497 e. The van der Waals surface area contributed by atoms with Gasteiger partial charge in [-0.25, -0.2) is 8.42 Å². The van der Waals surface area contributed by atoms with Crippen LogP contribution in [0.3, 0.4) is 0 Å². The summed E-state index contributed by atoms with van der Waals surface area (Å²) in [6.45, 7) is 0.258. The zero-order chi connectivity index (χ0) is 20.3. The molecule has 1 heterocycles. The number of anilines is 1. The van der Waals surface area contributed by atoms with Crippen molar-refractivity contribution in [2.24, 2.45) is 0 Å². The Balaban J connectivity index is 1.96. The van der Waals surface area contributed by atoms with E-state index in [9.17, 15) is 13.2 Å². The van der Waals surface area contributed by atoms with E-state index in [1.807, 2.05) is 6.07 Å². The first kappa shape index (κ1) is 20.0. The van der Waals surface area contributed by atoms with Crippen molar-refractivity contribution in [3.8, 4) is 11.5 Å². The van der Waals surface area contributed by atoms with Crippen LogP contribution in [-0.4, -0.2) is 42.3 Å². The molecule has 0 saturated carbocycles. The quantitative estimate of drug-likeness (QED) is 0.659. The van der Waals surface area contributed by atoms with Gasteiger partial charge in [0.25, 0.3) is 10.0 Å². The lowest BCUT2D eigenvalue weighted by Gasteiger charge is -2.20. The number of esters is 1. The van der Waals surface area contributed by atoms with Gasteiger partial charge in [0.1, 0.15) is 11.5 Å². The first-order valence-electron chi connectivity index (χ1n) is 8.82. The van der Waals surface area contributed by atoms with Gasteiger partial charge in [-0.2, -0.15) is 0 Å². The van der Waals surface area contributed by atoms with Gasteiger partial charge < -0.3 is 14.2 Å². The van der Waals surface area contributed by atoms with Gasteiger partial charge in [-0.3, -0.25) is 9.10 Å². The summed E-state index contributed by atoms with van der Waals surface area (Å²) in [6, 6.07) is 11.6. The highest BCUT2D eigenvalue weighted by atomic mass is 32.2. The highest BCUT2D eigenvalue weighted by Gasteiger charge is 2.37. The zero-order valence-electron chi connectivity index (χ0n) is 16.0. The lowest BCUT2D eigenvalue weighted by molar-refractivity contribution is -0.140. The molecule has 7 nitrogen and oxygen atoms in total. The Kier molecular flexibility index (Phi) is 5.79. The number of methoxy groups -OCH3 is 3. The molecule has 3 rings (SSSR count). The van der Waals surface area contributed by atoms with Crippen LogP contribution in [0, 0.1) is 0 Å². The van der Waals surface area contributed by atoms with E-state index in [0.717, 1.165) is 5.56 Å². The number of hydrogen-bond acceptors (Lipinski definition) is 6. The summed E-state index contributed by atoms with van der Waals surface area (Å²) in [5, 5.41) is 0. The molecule has 0 saturated heterocycles. The molecule has 2 aromatic carbocycles. The Hall–Kier alpha value is -2.74. The van der Waals surface area contributed by atoms with E-state index in [1.54, 1.807) is 31.4 Å². The Morgan fingerprint density at radius 2 is 1.68 bits per heavy atom. The maximum Gasteiger partial charge on any atom is 0.305 e. The average Bonchev–Trinajstić information content (AvgIpc) is 3.10. The van der Waals surface area contributed by atoms with E-state index in [0.29, 0.717) is 23.6 Å². The van der Waals surface area contributed by atoms with Crippen molar-refractivity contribution < 1.29 is 27.4 Å². The second-order valence-electron chi connectivity index (χ2n) is 6.45. The van der Waals surface area contributed by atoms with Crippen LogP contribution in [0.5, 0.6) is 11.5 Å². The highest BCUT2D eigenvalue weighted by molar-refractivity contribution is 7.92. The van der Waals surface area contributed by atoms with Crippen molar-refractivity contribution in [1.82, 2.24) is 0 Å². The summed E-state index contributed by atoms with van der Waals surface area (Å²) in [7, 11) is 0.678. The third-order valence-electron chi connectivity index (χ3n) is 4.90. The van der Waals surface area contributed by atoms with Crippen molar-refractivity contribution in [2.75, 3.05) is 32.2 Å². The molecule has 2 aromatic rings. The number of ether oxygens (including phenoxy) is 3. The fraction of sp³-hybridized carbons (Fsp3) is 0.350. The lowest BCUT2D eigenvalue weighted by Crippen LogP contribution is -2.30. The van der Waals surface area contributed by atoms with Gasteiger partial charge in [0.05, 0.1) is 31.9 Å². The topological polar surface area (TPSA) is 82.1 Å². The van der Waals surface area contributed by atoms with E-state index in [2.05, 4.69) is 0 Å². The Morgan fingerprint density at radius 1 is 1.04 bits per heavy atom. The minimum absolute atomic E-state index is 0.128. The van der Waals surface area contributed by atoms with Crippen LogP contribution in [0.2, 0.25) is 0 Å². The van der Waals surface area contributed by atoms with Crippen molar-refractivity contribution >= 4 is 21.7 Å². The van der Waals surface area contributed by atoms with Crippen molar-refractivity contribution in [3.05, 3.63) is 48.0 Å². The standard InChI is InChI=1S/C20H23NO6S/c1-25-15-5-8-17(9-6-15)28(23,24)21-13-14(4-11-20(22)27-3)18-12-16(26-2)7-10-19(18)21/h5-10,12,14H,4,11,13H2,1-3H3. The molecule has 0 aromatic heterocycles. The van der Waals surface area contributed by atoms with E-state index in [-0.39, 0.29) is 29.7 Å². The fourth-order valence-corrected chi connectivity index (χ4v) is 4.89. The van der Waals surface area contributed by atoms with Gasteiger partial charge in [0, 0.05) is 18.9 Å². The maximum absolute atomic E-state index is 13.3. The number of carbonyl (C=O) groups excluding carboxylic acids is 1. The molecule has 28 heavy (non-hydrogen) atoms. The number of benzene rings is 2. The van der Waals surface area contributed by atoms with E-state index in [1.165, 1.54) is 30.7 Å². The molecule has 0 aliphatic carbocycles. The SMILES string of the molecule is COC(=O)CCC1CN(S(=O)(=O)c2ccc(OC)cc2)c2ccc(OC)cc21. The number of hydrogen-bond donors (Lipinski definition) is 0. The second kappa shape index (κ2) is 8.10. The van der Waals surface area contributed by atoms with E-state index >= 15 is 0 Å². The van der Waals surface area contributed by atoms with Gasteiger partial charge >= 0.3 is 5.97 Å². The molecule has 1 atom stereocenters. The first-order valence-corrected chi connectivity index (χ1v) is 10.3. The van der Waals surface area contributed by atoms with Gasteiger partial charge in [-0.1, -0.05) is 0 Å². The molecule has 1 aliphatic rings. The van der Waals surface area contributed by atoms with Crippen LogP contribution in [0.15, 0.2) is 47.4 Å². The first-order chi connectivity index (χ1) is 13.4. The fourth-order valence-electron chi connectivity index (χ4n) is 3.35. The summed E-state index contributed by atoms with van der Waals surface area (Å²) < 4.78 is 43.0. The maximum atomic E-state index is 13.3. The Labute approximate surface area is 164 Å². The summed E-state index contributed by atoms with van der Waals surface area (Å²) in [5.74, 6) is 0.783. The van der Waals surface area contributed by atoms with E-state index < -0.39 is 10.0 Å². The highest BCUT2D eigenvalue weighted by Crippen LogP contribution is 2.43. The summed E-state index contributed by atoms with van der Waals surface area (Å²) in [6.07, 6.45) is 0.704. The molecule has 0 bridgehead atoms. The molecule has 1 unspecified atom stereocenters. The number of fused-ring (bicyclic) bond motifs is 1. The minimum atomic E-state index is -3.75. The molecular weight excluding hydrogens is 382 g/mol. The van der Waals surface area contributed by atoms with Crippen molar-refractivity contribution in [3.63, 3.8) is 0 Å². The summed E-state index contributed by atoms with van der Waals surface area (Å²) in [4.78, 5) is 11.8. The van der Waals surface area contributed by atoms with E-state index in [4.69, 9.17) is 14.2 Å². The van der Waals surface area contributed by atoms with Crippen molar-refractivity contribution in [1.29, 1.82) is 0 Å². The van der Waals surface area contributed by atoms with Gasteiger partial charge in [0.2, 0.25) is 0 Å². The van der Waals surface area contributed by atoms with Crippen molar-refractivity contribution in [2.45, 2.75) is 23.7 Å². The molecule has 8 heteroatoms. The van der Waals surface area contributed by atoms with Crippen LogP contribution in [0.25, 0.3) is 0 Å². The van der Waals surface area contributed by atoms with Crippen LogP contribution < -0.4 is 13.8 Å². The molecule has 150 valence electrons. The molecular formula is C20H23NO6S. The molecule has 0 N–H and O–H groups in total.